The van der Waals surface area contributed by atoms with E-state index in [0.29, 0.717) is 11.3 Å². The van der Waals surface area contributed by atoms with Crippen LogP contribution in [-0.2, 0) is 4.79 Å². The van der Waals surface area contributed by atoms with E-state index in [1.165, 1.54) is 11.8 Å². The molecule has 0 fully saturated rings. The van der Waals surface area contributed by atoms with Gasteiger partial charge in [-0.1, -0.05) is 12.0 Å². The van der Waals surface area contributed by atoms with Crippen LogP contribution in [0.15, 0.2) is 24.3 Å². The van der Waals surface area contributed by atoms with Crippen LogP contribution in [0, 0.1) is 23.7 Å². The van der Waals surface area contributed by atoms with Crippen LogP contribution < -0.4 is 4.90 Å². The molecule has 3 heteroatoms. The van der Waals surface area contributed by atoms with E-state index in [-0.39, 0.29) is 12.5 Å². The van der Waals surface area contributed by atoms with E-state index in [2.05, 4.69) is 5.92 Å². The lowest BCUT2D eigenvalue weighted by atomic mass is 10.2. The number of amides is 1. The third-order valence-electron chi connectivity index (χ3n) is 1.92. The van der Waals surface area contributed by atoms with Crippen molar-refractivity contribution in [3.8, 4) is 18.4 Å². The second-order valence-electron chi connectivity index (χ2n) is 2.97. The summed E-state index contributed by atoms with van der Waals surface area (Å²) < 4.78 is 0. The van der Waals surface area contributed by atoms with Crippen molar-refractivity contribution in [2.75, 3.05) is 11.4 Å². The Labute approximate surface area is 88.9 Å². The van der Waals surface area contributed by atoms with Gasteiger partial charge in [-0.15, -0.1) is 6.42 Å². The number of terminal acetylenes is 1. The summed E-state index contributed by atoms with van der Waals surface area (Å²) in [7, 11) is 0. The highest BCUT2D eigenvalue weighted by Gasteiger charge is 2.09. The second-order valence-corrected chi connectivity index (χ2v) is 2.97. The van der Waals surface area contributed by atoms with Gasteiger partial charge in [0.05, 0.1) is 18.2 Å². The Morgan fingerprint density at radius 3 is 2.87 bits per heavy atom. The highest BCUT2D eigenvalue weighted by Crippen LogP contribution is 2.15. The van der Waals surface area contributed by atoms with Gasteiger partial charge >= 0.3 is 0 Å². The minimum atomic E-state index is -0.136. The summed E-state index contributed by atoms with van der Waals surface area (Å²) in [5, 5.41) is 8.72. The number of carbonyl (C=O) groups is 1. The SMILES string of the molecule is C#CCN(C(C)=O)c1cccc(C#N)c1. The average Bonchev–Trinajstić information content (AvgIpc) is 2.25. The molecule has 0 aliphatic rings. The molecule has 74 valence electrons. The van der Waals surface area contributed by atoms with E-state index >= 15 is 0 Å². The van der Waals surface area contributed by atoms with Crippen molar-refractivity contribution < 1.29 is 4.79 Å². The molecule has 0 saturated carbocycles. The monoisotopic (exact) mass is 198 g/mol. The Kier molecular flexibility index (Phi) is 3.49. The first kappa shape index (κ1) is 10.8. The van der Waals surface area contributed by atoms with Crippen LogP contribution in [0.25, 0.3) is 0 Å². The number of hydrogen-bond acceptors (Lipinski definition) is 2. The third kappa shape index (κ3) is 2.59. The zero-order valence-corrected chi connectivity index (χ0v) is 8.40. The van der Waals surface area contributed by atoms with Gasteiger partial charge in [0.15, 0.2) is 0 Å². The minimum absolute atomic E-state index is 0.136. The van der Waals surface area contributed by atoms with Crippen molar-refractivity contribution in [1.29, 1.82) is 5.26 Å². The lowest BCUT2D eigenvalue weighted by molar-refractivity contribution is -0.116. The first-order valence-corrected chi connectivity index (χ1v) is 4.40. The Morgan fingerprint density at radius 1 is 1.60 bits per heavy atom. The summed E-state index contributed by atoms with van der Waals surface area (Å²) >= 11 is 0. The van der Waals surface area contributed by atoms with Crippen LogP contribution in [-0.4, -0.2) is 12.5 Å². The summed E-state index contributed by atoms with van der Waals surface area (Å²) in [6.07, 6.45) is 5.17. The molecule has 3 nitrogen and oxygen atoms in total. The van der Waals surface area contributed by atoms with Crippen molar-refractivity contribution >= 4 is 11.6 Å². The lowest BCUT2D eigenvalue weighted by Crippen LogP contribution is -2.28. The Morgan fingerprint density at radius 2 is 2.33 bits per heavy atom. The van der Waals surface area contributed by atoms with E-state index in [4.69, 9.17) is 11.7 Å². The number of rotatable bonds is 2. The quantitative estimate of drug-likeness (QED) is 0.676. The van der Waals surface area contributed by atoms with Gasteiger partial charge < -0.3 is 4.90 Å². The van der Waals surface area contributed by atoms with Gasteiger partial charge in [-0.3, -0.25) is 4.79 Å². The molecule has 0 bridgehead atoms. The summed E-state index contributed by atoms with van der Waals surface area (Å²) in [5.41, 5.74) is 1.16. The van der Waals surface area contributed by atoms with E-state index < -0.39 is 0 Å². The molecule has 0 heterocycles. The molecule has 1 amide bonds. The normalized spacial score (nSPS) is 8.73. The Bertz CT molecular complexity index is 451. The molecular weight excluding hydrogens is 188 g/mol. The maximum Gasteiger partial charge on any atom is 0.224 e. The molecule has 0 atom stereocenters. The molecule has 0 spiro atoms. The van der Waals surface area contributed by atoms with Crippen molar-refractivity contribution in [3.63, 3.8) is 0 Å². The van der Waals surface area contributed by atoms with E-state index in [0.717, 1.165) is 0 Å². The first-order chi connectivity index (χ1) is 7.19. The number of nitrogens with zero attached hydrogens (tertiary/aromatic N) is 2. The molecule has 1 aromatic rings. The van der Waals surface area contributed by atoms with Crippen LogP contribution in [0.2, 0.25) is 0 Å². The number of benzene rings is 1. The maximum atomic E-state index is 11.3. The first-order valence-electron chi connectivity index (χ1n) is 4.40. The fourth-order valence-electron chi connectivity index (χ4n) is 1.22. The molecule has 1 aromatic carbocycles. The summed E-state index contributed by atoms with van der Waals surface area (Å²) in [6, 6.07) is 8.80. The smallest absolute Gasteiger partial charge is 0.224 e. The largest absolute Gasteiger partial charge is 0.301 e. The number of nitriles is 1. The molecule has 0 aromatic heterocycles. The molecule has 0 unspecified atom stereocenters. The molecular formula is C12H10N2O. The van der Waals surface area contributed by atoms with Crippen molar-refractivity contribution in [1.82, 2.24) is 0 Å². The van der Waals surface area contributed by atoms with E-state index in [1.807, 2.05) is 6.07 Å². The molecule has 0 N–H and O–H groups in total. The van der Waals surface area contributed by atoms with Gasteiger partial charge in [-0.05, 0) is 18.2 Å². The predicted octanol–water partition coefficient (Wildman–Crippen LogP) is 1.54. The van der Waals surface area contributed by atoms with Crippen molar-refractivity contribution in [2.45, 2.75) is 6.92 Å². The number of carbonyl (C=O) groups excluding carboxylic acids is 1. The van der Waals surface area contributed by atoms with E-state index in [9.17, 15) is 4.79 Å². The Balaban J connectivity index is 3.07. The summed E-state index contributed by atoms with van der Waals surface area (Å²) in [5.74, 6) is 2.27. The van der Waals surface area contributed by atoms with Gasteiger partial charge in [0, 0.05) is 12.6 Å². The van der Waals surface area contributed by atoms with E-state index in [1.54, 1.807) is 24.3 Å². The van der Waals surface area contributed by atoms with Crippen LogP contribution in [0.1, 0.15) is 12.5 Å². The molecule has 0 radical (unpaired) electrons. The number of hydrogen-bond donors (Lipinski definition) is 0. The van der Waals surface area contributed by atoms with Gasteiger partial charge in [0.25, 0.3) is 0 Å². The predicted molar refractivity (Wildman–Crippen MR) is 58.0 cm³/mol. The zero-order chi connectivity index (χ0) is 11.3. The van der Waals surface area contributed by atoms with Crippen LogP contribution in [0.3, 0.4) is 0 Å². The molecule has 0 aliphatic heterocycles. The topological polar surface area (TPSA) is 44.1 Å². The standard InChI is InChI=1S/C12H10N2O/c1-3-7-14(10(2)15)12-6-4-5-11(8-12)9-13/h1,4-6,8H,7H2,2H3. The van der Waals surface area contributed by atoms with Crippen LogP contribution in [0.5, 0.6) is 0 Å². The van der Waals surface area contributed by atoms with Gasteiger partial charge in [0.2, 0.25) is 5.91 Å². The molecule has 1 rings (SSSR count). The molecule has 0 saturated heterocycles. The fraction of sp³-hybridized carbons (Fsp3) is 0.167. The highest BCUT2D eigenvalue weighted by molar-refractivity contribution is 5.92. The lowest BCUT2D eigenvalue weighted by Gasteiger charge is -2.18. The summed E-state index contributed by atoms with van der Waals surface area (Å²) in [6.45, 7) is 1.65. The summed E-state index contributed by atoms with van der Waals surface area (Å²) in [4.78, 5) is 12.7. The van der Waals surface area contributed by atoms with Gasteiger partial charge in [0.1, 0.15) is 0 Å². The van der Waals surface area contributed by atoms with Crippen molar-refractivity contribution in [2.24, 2.45) is 0 Å². The number of anilines is 1. The van der Waals surface area contributed by atoms with Crippen molar-refractivity contribution in [3.05, 3.63) is 29.8 Å². The Hall–Kier alpha value is -2.26. The minimum Gasteiger partial charge on any atom is -0.301 e. The molecule has 15 heavy (non-hydrogen) atoms. The molecule has 0 aliphatic carbocycles. The second kappa shape index (κ2) is 4.83. The third-order valence-corrected chi connectivity index (χ3v) is 1.92. The zero-order valence-electron chi connectivity index (χ0n) is 8.40. The highest BCUT2D eigenvalue weighted by atomic mass is 16.2. The van der Waals surface area contributed by atoms with Crippen LogP contribution in [0.4, 0.5) is 5.69 Å². The van der Waals surface area contributed by atoms with Gasteiger partial charge in [-0.2, -0.15) is 5.26 Å². The fourth-order valence-corrected chi connectivity index (χ4v) is 1.22. The average molecular weight is 198 g/mol. The van der Waals surface area contributed by atoms with Gasteiger partial charge in [-0.25, -0.2) is 0 Å². The van der Waals surface area contributed by atoms with Crippen LogP contribution >= 0.6 is 0 Å². The maximum absolute atomic E-state index is 11.3.